The third-order valence-corrected chi connectivity index (χ3v) is 4.20. The average molecular weight is 425 g/mol. The third kappa shape index (κ3) is 2.89. The van der Waals surface area contributed by atoms with Crippen LogP contribution in [0.1, 0.15) is 22.3 Å². The van der Waals surface area contributed by atoms with Crippen LogP contribution in [0.25, 0.3) is 0 Å². The van der Waals surface area contributed by atoms with Gasteiger partial charge in [-0.1, -0.05) is 0 Å². The normalized spacial score (nSPS) is 18.8. The Hall–Kier alpha value is -2.91. The summed E-state index contributed by atoms with van der Waals surface area (Å²) in [5.74, 6) is -19.1. The molecule has 1 aliphatic rings. The van der Waals surface area contributed by atoms with Crippen LogP contribution in [0.3, 0.4) is 0 Å². The van der Waals surface area contributed by atoms with Crippen molar-refractivity contribution in [1.82, 2.24) is 0 Å². The zero-order valence-corrected chi connectivity index (χ0v) is 13.7. The lowest BCUT2D eigenvalue weighted by molar-refractivity contribution is -0.358. The van der Waals surface area contributed by atoms with Crippen molar-refractivity contribution in [2.45, 2.75) is 23.8 Å². The largest absolute Gasteiger partial charge is 0.457 e. The van der Waals surface area contributed by atoms with E-state index in [1.807, 2.05) is 0 Å². The van der Waals surface area contributed by atoms with Gasteiger partial charge < -0.3 is 14.9 Å². The molecule has 0 unspecified atom stereocenters. The number of nitrogens with zero attached hydrogens (tertiary/aromatic N) is 1. The van der Waals surface area contributed by atoms with Crippen LogP contribution in [-0.2, 0) is 17.9 Å². The van der Waals surface area contributed by atoms with E-state index in [9.17, 15) is 45.3 Å². The van der Waals surface area contributed by atoms with Gasteiger partial charge in [-0.05, 0) is 24.3 Å². The van der Waals surface area contributed by atoms with Crippen LogP contribution in [0.5, 0.6) is 11.5 Å². The smallest absolute Gasteiger partial charge is 0.420 e. The van der Waals surface area contributed by atoms with Crippen molar-refractivity contribution in [3.05, 3.63) is 58.4 Å². The van der Waals surface area contributed by atoms with Crippen LogP contribution in [0.4, 0.5) is 35.1 Å². The summed E-state index contributed by atoms with van der Waals surface area (Å²) in [5.41, 5.74) is -6.82. The highest BCUT2D eigenvalue weighted by molar-refractivity contribution is 5.56. The molecule has 0 amide bonds. The van der Waals surface area contributed by atoms with E-state index < -0.39 is 57.8 Å². The molecule has 0 heterocycles. The molecule has 0 saturated heterocycles. The summed E-state index contributed by atoms with van der Waals surface area (Å²) in [4.78, 5) is 0. The van der Waals surface area contributed by atoms with Crippen molar-refractivity contribution < 1.29 is 50.1 Å². The molecule has 2 aromatic rings. The number of benzene rings is 2. The van der Waals surface area contributed by atoms with Crippen molar-refractivity contribution in [2.24, 2.45) is 0 Å². The van der Waals surface area contributed by atoms with Gasteiger partial charge in [0.2, 0.25) is 0 Å². The van der Waals surface area contributed by atoms with E-state index in [0.29, 0.717) is 12.1 Å². The highest BCUT2D eigenvalue weighted by Gasteiger charge is 2.78. The van der Waals surface area contributed by atoms with E-state index in [4.69, 9.17) is 10.00 Å². The molecule has 2 N–H and O–H groups in total. The van der Waals surface area contributed by atoms with Gasteiger partial charge >= 0.3 is 18.0 Å². The van der Waals surface area contributed by atoms with Crippen molar-refractivity contribution in [1.29, 1.82) is 5.26 Å². The summed E-state index contributed by atoms with van der Waals surface area (Å²) >= 11 is 0. The fraction of sp³-hybridized carbons (Fsp3) is 0.235. The Balaban J connectivity index is 2.29. The number of nitriles is 1. The standard InChI is InChI=1S/C17H7F8NO3/c18-8-3-7(6-26)4-9(5-8)29-11-2-1-10-12(13(11)16(21,22)23)15(27,28)17(24,25)14(10,19)20/h1-5,27-28H. The molecule has 0 atom stereocenters. The molecule has 0 radical (unpaired) electrons. The Morgan fingerprint density at radius 3 is 2.17 bits per heavy atom. The second-order valence-electron chi connectivity index (χ2n) is 6.07. The van der Waals surface area contributed by atoms with Crippen LogP contribution in [0, 0.1) is 17.1 Å². The molecular weight excluding hydrogens is 418 g/mol. The molecule has 2 aromatic carbocycles. The molecule has 0 fully saturated rings. The Morgan fingerprint density at radius 1 is 1.00 bits per heavy atom. The van der Waals surface area contributed by atoms with E-state index in [2.05, 4.69) is 0 Å². The van der Waals surface area contributed by atoms with E-state index in [0.717, 1.165) is 6.07 Å². The molecule has 0 spiro atoms. The molecule has 1 aliphatic carbocycles. The van der Waals surface area contributed by atoms with Crippen LogP contribution in [-0.4, -0.2) is 16.1 Å². The first kappa shape index (κ1) is 20.8. The SMILES string of the molecule is N#Cc1cc(F)cc(Oc2ccc3c(c2C(F)(F)F)C(O)(O)C(F)(F)C3(F)F)c1. The third-order valence-electron chi connectivity index (χ3n) is 4.20. The molecule has 3 rings (SSSR count). The first-order chi connectivity index (χ1) is 13.1. The van der Waals surface area contributed by atoms with E-state index >= 15 is 0 Å². The first-order valence-corrected chi connectivity index (χ1v) is 7.48. The van der Waals surface area contributed by atoms with Crippen LogP contribution >= 0.6 is 0 Å². The van der Waals surface area contributed by atoms with Crippen molar-refractivity contribution in [3.63, 3.8) is 0 Å². The van der Waals surface area contributed by atoms with Crippen molar-refractivity contribution in [3.8, 4) is 17.6 Å². The van der Waals surface area contributed by atoms with E-state index in [-0.39, 0.29) is 17.7 Å². The minimum Gasteiger partial charge on any atom is -0.457 e. The number of ether oxygens (including phenoxy) is 1. The molecule has 0 aliphatic heterocycles. The molecule has 4 nitrogen and oxygen atoms in total. The molecule has 154 valence electrons. The zero-order chi connectivity index (χ0) is 22.0. The molecular formula is C17H7F8NO3. The predicted molar refractivity (Wildman–Crippen MR) is 77.6 cm³/mol. The van der Waals surface area contributed by atoms with E-state index in [1.165, 1.54) is 6.07 Å². The Labute approximate surface area is 156 Å². The van der Waals surface area contributed by atoms with Gasteiger partial charge in [-0.25, -0.2) is 4.39 Å². The first-order valence-electron chi connectivity index (χ1n) is 7.48. The maximum atomic E-state index is 13.9. The second kappa shape index (κ2) is 6.04. The lowest BCUT2D eigenvalue weighted by atomic mass is 9.97. The lowest BCUT2D eigenvalue weighted by Crippen LogP contribution is -2.49. The highest BCUT2D eigenvalue weighted by atomic mass is 19.4. The number of aliphatic hydroxyl groups is 2. The zero-order valence-electron chi connectivity index (χ0n) is 13.7. The van der Waals surface area contributed by atoms with Gasteiger partial charge in [0.25, 0.3) is 5.79 Å². The van der Waals surface area contributed by atoms with Crippen LogP contribution in [0.15, 0.2) is 30.3 Å². The predicted octanol–water partition coefficient (Wildman–Crippen LogP) is 4.39. The van der Waals surface area contributed by atoms with Gasteiger partial charge in [-0.2, -0.15) is 36.0 Å². The average Bonchev–Trinajstić information content (AvgIpc) is 2.68. The maximum Gasteiger partial charge on any atom is 0.420 e. The Morgan fingerprint density at radius 2 is 1.62 bits per heavy atom. The number of alkyl halides is 7. The highest BCUT2D eigenvalue weighted by Crippen LogP contribution is 2.62. The van der Waals surface area contributed by atoms with Gasteiger partial charge in [0, 0.05) is 17.2 Å². The Bertz CT molecular complexity index is 1040. The summed E-state index contributed by atoms with van der Waals surface area (Å²) < 4.78 is 114. The van der Waals surface area contributed by atoms with Crippen LogP contribution < -0.4 is 4.74 Å². The fourth-order valence-electron chi connectivity index (χ4n) is 2.93. The molecule has 0 bridgehead atoms. The maximum absolute atomic E-state index is 13.9. The van der Waals surface area contributed by atoms with Gasteiger partial charge in [0.1, 0.15) is 22.9 Å². The fourth-order valence-corrected chi connectivity index (χ4v) is 2.93. The minimum atomic E-state index is -5.69. The van der Waals surface area contributed by atoms with E-state index in [1.54, 1.807) is 0 Å². The molecule has 12 heteroatoms. The van der Waals surface area contributed by atoms with Crippen molar-refractivity contribution >= 4 is 0 Å². The number of halogens is 8. The van der Waals surface area contributed by atoms with Crippen molar-refractivity contribution in [2.75, 3.05) is 0 Å². The number of fused-ring (bicyclic) bond motifs is 1. The number of rotatable bonds is 2. The van der Waals surface area contributed by atoms with Gasteiger partial charge in [-0.15, -0.1) is 0 Å². The summed E-state index contributed by atoms with van der Waals surface area (Å²) in [7, 11) is 0. The monoisotopic (exact) mass is 425 g/mol. The molecule has 0 saturated carbocycles. The molecule has 0 aromatic heterocycles. The summed E-state index contributed by atoms with van der Waals surface area (Å²) in [6.45, 7) is 0. The van der Waals surface area contributed by atoms with Gasteiger partial charge in [-0.3, -0.25) is 0 Å². The van der Waals surface area contributed by atoms with Gasteiger partial charge in [0.15, 0.2) is 0 Å². The topological polar surface area (TPSA) is 73.5 Å². The van der Waals surface area contributed by atoms with Crippen LogP contribution in [0.2, 0.25) is 0 Å². The summed E-state index contributed by atoms with van der Waals surface area (Å²) in [6, 6.07) is 3.92. The summed E-state index contributed by atoms with van der Waals surface area (Å²) in [5, 5.41) is 27.8. The number of hydrogen-bond donors (Lipinski definition) is 2. The van der Waals surface area contributed by atoms with Gasteiger partial charge in [0.05, 0.1) is 11.6 Å². The number of hydrogen-bond acceptors (Lipinski definition) is 4. The Kier molecular flexibility index (Phi) is 4.34. The quantitative estimate of drug-likeness (QED) is 0.553. The molecule has 29 heavy (non-hydrogen) atoms. The summed E-state index contributed by atoms with van der Waals surface area (Å²) in [6.07, 6.45) is -5.65. The second-order valence-corrected chi connectivity index (χ2v) is 6.07. The lowest BCUT2D eigenvalue weighted by Gasteiger charge is -2.28. The minimum absolute atomic E-state index is 0.118.